The molecule has 0 radical (unpaired) electrons. The fourth-order valence-electron chi connectivity index (χ4n) is 1.62. The van der Waals surface area contributed by atoms with E-state index in [9.17, 15) is 4.39 Å². The lowest BCUT2D eigenvalue weighted by molar-refractivity contribution is 0.668. The molecule has 0 saturated carbocycles. The highest BCUT2D eigenvalue weighted by Crippen LogP contribution is 2.18. The number of halogens is 1. The van der Waals surface area contributed by atoms with Crippen molar-refractivity contribution in [2.24, 2.45) is 0 Å². The number of aryl methyl sites for hydroxylation is 1. The van der Waals surface area contributed by atoms with Gasteiger partial charge in [-0.2, -0.15) is 14.6 Å². The molecule has 0 amide bonds. The Hall–Kier alpha value is -2.50. The second kappa shape index (κ2) is 5.01. The smallest absolute Gasteiger partial charge is 0.225 e. The van der Waals surface area contributed by atoms with E-state index in [1.807, 2.05) is 6.92 Å². The summed E-state index contributed by atoms with van der Waals surface area (Å²) in [7, 11) is 0. The van der Waals surface area contributed by atoms with Crippen LogP contribution in [0.15, 0.2) is 36.8 Å². The Morgan fingerprint density at radius 2 is 2.21 bits per heavy atom. The van der Waals surface area contributed by atoms with Gasteiger partial charge in [0.15, 0.2) is 11.5 Å². The van der Waals surface area contributed by atoms with Crippen molar-refractivity contribution in [3.05, 3.63) is 48.2 Å². The summed E-state index contributed by atoms with van der Waals surface area (Å²) in [6.45, 7) is 7.01. The van der Waals surface area contributed by atoms with Crippen LogP contribution in [0.25, 0.3) is 11.2 Å². The first-order valence-electron chi connectivity index (χ1n) is 5.71. The normalized spacial score (nSPS) is 13.0. The SMILES string of the molecule is C=C/C(F)=C\C(=C/C)c1nc(N)n2ncc(C)c2n1. The van der Waals surface area contributed by atoms with Gasteiger partial charge in [0.1, 0.15) is 5.83 Å². The Bertz CT molecular complexity index is 696. The molecule has 98 valence electrons. The van der Waals surface area contributed by atoms with Crippen LogP contribution < -0.4 is 5.73 Å². The molecule has 6 heteroatoms. The van der Waals surface area contributed by atoms with Crippen LogP contribution in [-0.2, 0) is 0 Å². The molecule has 0 spiro atoms. The molecule has 0 saturated heterocycles. The Labute approximate surface area is 110 Å². The molecule has 2 aromatic heterocycles. The van der Waals surface area contributed by atoms with Crippen LogP contribution in [-0.4, -0.2) is 19.6 Å². The fourth-order valence-corrected chi connectivity index (χ4v) is 1.62. The zero-order chi connectivity index (χ0) is 14.0. The summed E-state index contributed by atoms with van der Waals surface area (Å²) in [5, 5.41) is 4.06. The number of hydrogen-bond donors (Lipinski definition) is 1. The van der Waals surface area contributed by atoms with E-state index in [0.717, 1.165) is 11.6 Å². The van der Waals surface area contributed by atoms with Gasteiger partial charge in [-0.05, 0) is 26.0 Å². The number of nitrogens with two attached hydrogens (primary N) is 1. The van der Waals surface area contributed by atoms with Crippen molar-refractivity contribution < 1.29 is 4.39 Å². The topological polar surface area (TPSA) is 69.1 Å². The number of rotatable bonds is 3. The van der Waals surface area contributed by atoms with Crippen molar-refractivity contribution >= 4 is 17.2 Å². The molecule has 0 fully saturated rings. The zero-order valence-corrected chi connectivity index (χ0v) is 10.8. The molecule has 2 rings (SSSR count). The van der Waals surface area contributed by atoms with E-state index in [4.69, 9.17) is 5.73 Å². The highest BCUT2D eigenvalue weighted by atomic mass is 19.1. The van der Waals surface area contributed by atoms with Crippen molar-refractivity contribution in [3.63, 3.8) is 0 Å². The number of fused-ring (bicyclic) bond motifs is 1. The maximum atomic E-state index is 13.3. The van der Waals surface area contributed by atoms with E-state index in [0.29, 0.717) is 17.0 Å². The minimum atomic E-state index is -0.458. The van der Waals surface area contributed by atoms with Gasteiger partial charge in [-0.1, -0.05) is 12.7 Å². The minimum absolute atomic E-state index is 0.208. The van der Waals surface area contributed by atoms with Crippen LogP contribution in [0.5, 0.6) is 0 Å². The van der Waals surface area contributed by atoms with E-state index >= 15 is 0 Å². The van der Waals surface area contributed by atoms with Gasteiger partial charge >= 0.3 is 0 Å². The number of hydrogen-bond acceptors (Lipinski definition) is 4. The van der Waals surface area contributed by atoms with Gasteiger partial charge in [-0.15, -0.1) is 0 Å². The molecule has 0 aliphatic heterocycles. The van der Waals surface area contributed by atoms with Gasteiger partial charge in [0.2, 0.25) is 5.95 Å². The second-order valence-corrected chi connectivity index (χ2v) is 3.95. The average Bonchev–Trinajstić information content (AvgIpc) is 2.78. The zero-order valence-electron chi connectivity index (χ0n) is 10.8. The molecule has 2 aromatic rings. The Morgan fingerprint density at radius 3 is 2.84 bits per heavy atom. The Balaban J connectivity index is 2.62. The number of nitrogens with zero attached hydrogens (tertiary/aromatic N) is 4. The molecule has 0 aromatic carbocycles. The third-order valence-corrected chi connectivity index (χ3v) is 2.63. The van der Waals surface area contributed by atoms with Gasteiger partial charge in [-0.3, -0.25) is 0 Å². The van der Waals surface area contributed by atoms with E-state index < -0.39 is 5.83 Å². The lowest BCUT2D eigenvalue weighted by Gasteiger charge is -2.04. The predicted octanol–water partition coefficient (Wildman–Crippen LogP) is 2.46. The summed E-state index contributed by atoms with van der Waals surface area (Å²) in [4.78, 5) is 8.48. The first kappa shape index (κ1) is 12.9. The van der Waals surface area contributed by atoms with E-state index in [2.05, 4.69) is 21.6 Å². The number of allylic oxidation sites excluding steroid dienone is 5. The quantitative estimate of drug-likeness (QED) is 0.860. The van der Waals surface area contributed by atoms with Gasteiger partial charge in [-0.25, -0.2) is 9.37 Å². The minimum Gasteiger partial charge on any atom is -0.368 e. The van der Waals surface area contributed by atoms with Crippen LogP contribution in [0.2, 0.25) is 0 Å². The molecular formula is C13H14FN5. The Morgan fingerprint density at radius 1 is 1.47 bits per heavy atom. The lowest BCUT2D eigenvalue weighted by Crippen LogP contribution is -2.07. The summed E-state index contributed by atoms with van der Waals surface area (Å²) < 4.78 is 14.7. The van der Waals surface area contributed by atoms with Gasteiger partial charge in [0.25, 0.3) is 0 Å². The molecule has 0 atom stereocenters. The number of aromatic nitrogens is 4. The van der Waals surface area contributed by atoms with E-state index in [1.54, 1.807) is 19.2 Å². The van der Waals surface area contributed by atoms with Gasteiger partial charge in [0.05, 0.1) is 6.20 Å². The predicted molar refractivity (Wildman–Crippen MR) is 73.0 cm³/mol. The summed E-state index contributed by atoms with van der Waals surface area (Å²) in [5.41, 5.74) is 7.83. The standard InChI is InChI=1S/C13H14FN5/c1-4-9(6-10(14)5-2)11-17-12-8(3)7-16-19(12)13(15)18-11/h4-7H,2H2,1,3H3,(H2,15,17,18)/b9-4+,10-6+. The largest absolute Gasteiger partial charge is 0.368 e. The summed E-state index contributed by atoms with van der Waals surface area (Å²) >= 11 is 0. The first-order valence-corrected chi connectivity index (χ1v) is 5.71. The van der Waals surface area contributed by atoms with Crippen LogP contribution in [0.1, 0.15) is 18.3 Å². The molecule has 0 aliphatic carbocycles. The van der Waals surface area contributed by atoms with Crippen LogP contribution in [0.3, 0.4) is 0 Å². The first-order chi connectivity index (χ1) is 9.06. The van der Waals surface area contributed by atoms with E-state index in [-0.39, 0.29) is 5.95 Å². The van der Waals surface area contributed by atoms with Crippen molar-refractivity contribution in [1.82, 2.24) is 19.6 Å². The molecule has 2 N–H and O–H groups in total. The fraction of sp³-hybridized carbons (Fsp3) is 0.154. The van der Waals surface area contributed by atoms with Crippen LogP contribution >= 0.6 is 0 Å². The molecule has 19 heavy (non-hydrogen) atoms. The number of anilines is 1. The van der Waals surface area contributed by atoms with Crippen LogP contribution in [0.4, 0.5) is 10.3 Å². The van der Waals surface area contributed by atoms with Crippen molar-refractivity contribution in [2.75, 3.05) is 5.73 Å². The summed E-state index contributed by atoms with van der Waals surface area (Å²) in [6.07, 6.45) is 5.79. The van der Waals surface area contributed by atoms with Crippen molar-refractivity contribution in [1.29, 1.82) is 0 Å². The average molecular weight is 259 g/mol. The molecule has 2 heterocycles. The second-order valence-electron chi connectivity index (χ2n) is 3.95. The molecule has 0 bridgehead atoms. The van der Waals surface area contributed by atoms with E-state index in [1.165, 1.54) is 10.6 Å². The maximum Gasteiger partial charge on any atom is 0.225 e. The molecular weight excluding hydrogens is 245 g/mol. The molecule has 0 aliphatic rings. The third kappa shape index (κ3) is 2.37. The number of nitrogen functional groups attached to an aromatic ring is 1. The third-order valence-electron chi connectivity index (χ3n) is 2.63. The summed E-state index contributed by atoms with van der Waals surface area (Å²) in [6, 6.07) is 0. The highest BCUT2D eigenvalue weighted by Gasteiger charge is 2.10. The highest BCUT2D eigenvalue weighted by molar-refractivity contribution is 5.72. The Kier molecular flexibility index (Phi) is 3.41. The van der Waals surface area contributed by atoms with Gasteiger partial charge < -0.3 is 5.73 Å². The van der Waals surface area contributed by atoms with Crippen molar-refractivity contribution in [3.8, 4) is 0 Å². The summed E-state index contributed by atoms with van der Waals surface area (Å²) in [5.74, 6) is 0.105. The lowest BCUT2D eigenvalue weighted by atomic mass is 10.2. The molecule has 0 unspecified atom stereocenters. The van der Waals surface area contributed by atoms with Crippen LogP contribution in [0, 0.1) is 6.92 Å². The van der Waals surface area contributed by atoms with Gasteiger partial charge in [0, 0.05) is 11.1 Å². The molecule has 5 nitrogen and oxygen atoms in total. The van der Waals surface area contributed by atoms with Crippen molar-refractivity contribution in [2.45, 2.75) is 13.8 Å². The monoisotopic (exact) mass is 259 g/mol. The maximum absolute atomic E-state index is 13.3.